The van der Waals surface area contributed by atoms with Crippen molar-refractivity contribution in [1.82, 2.24) is 0 Å². The van der Waals surface area contributed by atoms with Gasteiger partial charge in [0.05, 0.1) is 11.6 Å². The van der Waals surface area contributed by atoms with E-state index in [2.05, 4.69) is 15.9 Å². The number of hydrogen-bond acceptors (Lipinski definition) is 2. The molecule has 4 heteroatoms. The summed E-state index contributed by atoms with van der Waals surface area (Å²) in [4.78, 5) is 10.5. The van der Waals surface area contributed by atoms with E-state index in [9.17, 15) is 4.79 Å². The Morgan fingerprint density at radius 1 is 1.43 bits per heavy atom. The number of hydrogen-bond donors (Lipinski definition) is 1. The van der Waals surface area contributed by atoms with Gasteiger partial charge in [-0.15, -0.1) is 0 Å². The van der Waals surface area contributed by atoms with E-state index in [0.717, 1.165) is 5.56 Å². The Bertz CT molecular complexity index is 415. The minimum Gasteiger partial charge on any atom is -0.477 e. The van der Waals surface area contributed by atoms with Crippen molar-refractivity contribution in [2.75, 3.05) is 0 Å². The third-order valence-corrected chi connectivity index (χ3v) is 2.11. The molecule has 0 unspecified atom stereocenters. The maximum Gasteiger partial charge on any atom is 0.342 e. The Labute approximate surface area is 89.4 Å². The second-order valence-electron chi connectivity index (χ2n) is 2.53. The molecule has 70 valence electrons. The summed E-state index contributed by atoms with van der Waals surface area (Å²) in [6, 6.07) is 8.61. The van der Waals surface area contributed by atoms with Crippen molar-refractivity contribution in [3.8, 4) is 6.07 Å². The SMILES string of the molecule is N#Cc1ccc(C=C(Br)C(=O)O)cc1. The molecular weight excluding hydrogens is 246 g/mol. The van der Waals surface area contributed by atoms with Crippen LogP contribution in [-0.4, -0.2) is 11.1 Å². The van der Waals surface area contributed by atoms with E-state index < -0.39 is 5.97 Å². The lowest BCUT2D eigenvalue weighted by atomic mass is 10.1. The molecular formula is C10H6BrNO2. The number of carboxylic acids is 1. The molecule has 0 aliphatic heterocycles. The summed E-state index contributed by atoms with van der Waals surface area (Å²) in [5.41, 5.74) is 1.28. The van der Waals surface area contributed by atoms with Crippen LogP contribution >= 0.6 is 15.9 Å². The number of carbonyl (C=O) groups is 1. The van der Waals surface area contributed by atoms with Gasteiger partial charge in [-0.2, -0.15) is 5.26 Å². The molecule has 0 saturated carbocycles. The second kappa shape index (κ2) is 4.58. The molecule has 0 spiro atoms. The van der Waals surface area contributed by atoms with Gasteiger partial charge in [0, 0.05) is 0 Å². The minimum atomic E-state index is -1.02. The maximum absolute atomic E-state index is 10.5. The quantitative estimate of drug-likeness (QED) is 0.822. The Hall–Kier alpha value is -1.60. The molecule has 0 heterocycles. The Balaban J connectivity index is 2.95. The minimum absolute atomic E-state index is 0.0854. The predicted octanol–water partition coefficient (Wildman–Crippen LogP) is 2.38. The lowest BCUT2D eigenvalue weighted by Gasteiger charge is -1.94. The fraction of sp³-hybridized carbons (Fsp3) is 0. The molecule has 0 atom stereocenters. The van der Waals surface area contributed by atoms with Crippen LogP contribution in [0.4, 0.5) is 0 Å². The van der Waals surface area contributed by atoms with Crippen LogP contribution in [0.1, 0.15) is 11.1 Å². The molecule has 3 nitrogen and oxygen atoms in total. The van der Waals surface area contributed by atoms with Crippen LogP contribution in [0.25, 0.3) is 6.08 Å². The summed E-state index contributed by atoms with van der Waals surface area (Å²) in [6.45, 7) is 0. The van der Waals surface area contributed by atoms with Gasteiger partial charge in [0.15, 0.2) is 0 Å². The highest BCUT2D eigenvalue weighted by Crippen LogP contribution is 2.12. The lowest BCUT2D eigenvalue weighted by molar-refractivity contribution is -0.131. The predicted molar refractivity (Wildman–Crippen MR) is 55.7 cm³/mol. The van der Waals surface area contributed by atoms with E-state index in [0.29, 0.717) is 5.56 Å². The van der Waals surface area contributed by atoms with Crippen molar-refractivity contribution in [3.05, 3.63) is 39.9 Å². The lowest BCUT2D eigenvalue weighted by Crippen LogP contribution is -1.92. The van der Waals surface area contributed by atoms with Crippen LogP contribution in [0, 0.1) is 11.3 Å². The Kier molecular flexibility index (Phi) is 3.43. The molecule has 14 heavy (non-hydrogen) atoms. The van der Waals surface area contributed by atoms with Gasteiger partial charge >= 0.3 is 5.97 Å². The van der Waals surface area contributed by atoms with Crippen LogP contribution in [0.5, 0.6) is 0 Å². The van der Waals surface area contributed by atoms with Gasteiger partial charge in [0.2, 0.25) is 0 Å². The fourth-order valence-corrected chi connectivity index (χ4v) is 1.13. The smallest absolute Gasteiger partial charge is 0.342 e. The van der Waals surface area contributed by atoms with E-state index in [1.165, 1.54) is 6.08 Å². The highest BCUT2D eigenvalue weighted by Gasteiger charge is 2.01. The number of benzene rings is 1. The van der Waals surface area contributed by atoms with Gasteiger partial charge in [-0.25, -0.2) is 4.79 Å². The summed E-state index contributed by atoms with van der Waals surface area (Å²) in [6.07, 6.45) is 1.48. The van der Waals surface area contributed by atoms with Gasteiger partial charge in [-0.1, -0.05) is 12.1 Å². The number of halogens is 1. The zero-order chi connectivity index (χ0) is 10.6. The van der Waals surface area contributed by atoms with Gasteiger partial charge < -0.3 is 5.11 Å². The summed E-state index contributed by atoms with van der Waals surface area (Å²) >= 11 is 2.91. The molecule has 1 rings (SSSR count). The van der Waals surface area contributed by atoms with E-state index in [4.69, 9.17) is 10.4 Å². The van der Waals surface area contributed by atoms with Crippen LogP contribution in [0.15, 0.2) is 28.7 Å². The van der Waals surface area contributed by atoms with Crippen molar-refractivity contribution < 1.29 is 9.90 Å². The largest absolute Gasteiger partial charge is 0.477 e. The van der Waals surface area contributed by atoms with E-state index in [-0.39, 0.29) is 4.48 Å². The normalized spacial score (nSPS) is 10.7. The number of nitriles is 1. The number of carboxylic acid groups (broad SMARTS) is 1. The molecule has 1 aromatic carbocycles. The monoisotopic (exact) mass is 251 g/mol. The summed E-state index contributed by atoms with van der Waals surface area (Å²) in [5, 5.41) is 17.1. The fourth-order valence-electron chi connectivity index (χ4n) is 0.862. The zero-order valence-electron chi connectivity index (χ0n) is 7.07. The third-order valence-electron chi connectivity index (χ3n) is 1.54. The third kappa shape index (κ3) is 2.71. The molecule has 0 aliphatic carbocycles. The van der Waals surface area contributed by atoms with E-state index in [1.54, 1.807) is 24.3 Å². The molecule has 0 amide bonds. The second-order valence-corrected chi connectivity index (χ2v) is 3.39. The molecule has 0 saturated heterocycles. The van der Waals surface area contributed by atoms with Crippen LogP contribution in [0.3, 0.4) is 0 Å². The Morgan fingerprint density at radius 2 is 2.00 bits per heavy atom. The molecule has 0 bridgehead atoms. The molecule has 0 aromatic heterocycles. The topological polar surface area (TPSA) is 61.1 Å². The van der Waals surface area contributed by atoms with Crippen molar-refractivity contribution in [2.45, 2.75) is 0 Å². The molecule has 1 N–H and O–H groups in total. The average Bonchev–Trinajstić information content (AvgIpc) is 2.19. The van der Waals surface area contributed by atoms with Gasteiger partial charge in [0.1, 0.15) is 4.48 Å². The van der Waals surface area contributed by atoms with Gasteiger partial charge in [-0.05, 0) is 39.7 Å². The number of aliphatic carboxylic acids is 1. The van der Waals surface area contributed by atoms with Crippen LogP contribution in [-0.2, 0) is 4.79 Å². The number of rotatable bonds is 2. The first kappa shape index (κ1) is 10.5. The maximum atomic E-state index is 10.5. The first-order valence-corrected chi connectivity index (χ1v) is 4.53. The zero-order valence-corrected chi connectivity index (χ0v) is 8.65. The van der Waals surface area contributed by atoms with Gasteiger partial charge in [-0.3, -0.25) is 0 Å². The Morgan fingerprint density at radius 3 is 2.43 bits per heavy atom. The summed E-state index contributed by atoms with van der Waals surface area (Å²) in [5.74, 6) is -1.02. The highest BCUT2D eigenvalue weighted by molar-refractivity contribution is 9.12. The first-order valence-electron chi connectivity index (χ1n) is 3.74. The molecule has 1 aromatic rings. The average molecular weight is 252 g/mol. The summed E-state index contributed by atoms with van der Waals surface area (Å²) in [7, 11) is 0. The number of nitrogens with zero attached hydrogens (tertiary/aromatic N) is 1. The van der Waals surface area contributed by atoms with Crippen LogP contribution in [0.2, 0.25) is 0 Å². The first-order chi connectivity index (χ1) is 6.63. The molecule has 0 fully saturated rings. The summed E-state index contributed by atoms with van der Waals surface area (Å²) < 4.78 is 0.0854. The standard InChI is InChI=1S/C10H6BrNO2/c11-9(10(13)14)5-7-1-3-8(6-12)4-2-7/h1-5H,(H,13,14). The van der Waals surface area contributed by atoms with Crippen molar-refractivity contribution in [1.29, 1.82) is 5.26 Å². The highest BCUT2D eigenvalue weighted by atomic mass is 79.9. The van der Waals surface area contributed by atoms with Crippen molar-refractivity contribution in [2.24, 2.45) is 0 Å². The van der Waals surface area contributed by atoms with Crippen molar-refractivity contribution in [3.63, 3.8) is 0 Å². The van der Waals surface area contributed by atoms with Crippen LogP contribution < -0.4 is 0 Å². The molecule has 0 radical (unpaired) electrons. The molecule has 0 aliphatic rings. The van der Waals surface area contributed by atoms with E-state index in [1.807, 2.05) is 6.07 Å². The van der Waals surface area contributed by atoms with E-state index >= 15 is 0 Å². The van der Waals surface area contributed by atoms with Crippen molar-refractivity contribution >= 4 is 28.0 Å². The van der Waals surface area contributed by atoms with Gasteiger partial charge in [0.25, 0.3) is 0 Å².